The van der Waals surface area contributed by atoms with Gasteiger partial charge in [-0.1, -0.05) is 6.07 Å². The van der Waals surface area contributed by atoms with E-state index in [0.29, 0.717) is 11.9 Å². The molecule has 1 aliphatic heterocycles. The van der Waals surface area contributed by atoms with Crippen molar-refractivity contribution in [3.8, 4) is 0 Å². The highest BCUT2D eigenvalue weighted by atomic mass is 19.2. The number of rotatable bonds is 2. The molecule has 6 nitrogen and oxygen atoms in total. The summed E-state index contributed by atoms with van der Waals surface area (Å²) in [5.41, 5.74) is 0.979. The lowest BCUT2D eigenvalue weighted by Gasteiger charge is -2.35. The Morgan fingerprint density at radius 1 is 1.12 bits per heavy atom. The third-order valence-electron chi connectivity index (χ3n) is 3.88. The van der Waals surface area contributed by atoms with Crippen LogP contribution in [0.5, 0.6) is 0 Å². The average molecular weight is 351 g/mol. The van der Waals surface area contributed by atoms with Gasteiger partial charge in [-0.15, -0.1) is 0 Å². The van der Waals surface area contributed by atoms with Gasteiger partial charge in [0, 0.05) is 38.4 Å². The molecule has 0 radical (unpaired) electrons. The molecule has 2 amide bonds. The Kier molecular flexibility index (Phi) is 4.73. The van der Waals surface area contributed by atoms with Crippen molar-refractivity contribution in [2.75, 3.05) is 36.4 Å². The number of urea groups is 1. The number of hydrogen-bond donors (Lipinski definition) is 1. The molecular weight excluding hydrogens is 335 g/mol. The summed E-state index contributed by atoms with van der Waals surface area (Å²) < 4.78 is 40.0. The molecule has 2 aromatic rings. The maximum absolute atomic E-state index is 13.8. The average Bonchev–Trinajstić information content (AvgIpc) is 2.60. The van der Waals surface area contributed by atoms with Crippen molar-refractivity contribution in [3.63, 3.8) is 0 Å². The minimum atomic E-state index is -1.35. The lowest BCUT2D eigenvalue weighted by Crippen LogP contribution is -2.50. The van der Waals surface area contributed by atoms with Gasteiger partial charge in [-0.05, 0) is 18.6 Å². The van der Waals surface area contributed by atoms with Crippen LogP contribution in [0.3, 0.4) is 0 Å². The Labute approximate surface area is 142 Å². The van der Waals surface area contributed by atoms with E-state index in [2.05, 4.69) is 15.3 Å². The number of pyridine rings is 2. The molecule has 132 valence electrons. The molecule has 0 atom stereocenters. The molecule has 0 spiro atoms. The molecule has 1 N–H and O–H groups in total. The molecule has 1 fully saturated rings. The fourth-order valence-electron chi connectivity index (χ4n) is 2.51. The summed E-state index contributed by atoms with van der Waals surface area (Å²) in [4.78, 5) is 22.7. The number of hydrogen-bond acceptors (Lipinski definition) is 4. The summed E-state index contributed by atoms with van der Waals surface area (Å²) in [5.74, 6) is -3.42. The zero-order valence-corrected chi connectivity index (χ0v) is 13.5. The molecule has 0 aliphatic carbocycles. The fraction of sp³-hybridized carbons (Fsp3) is 0.312. The van der Waals surface area contributed by atoms with Crippen LogP contribution in [-0.2, 0) is 0 Å². The highest BCUT2D eigenvalue weighted by molar-refractivity contribution is 5.88. The maximum atomic E-state index is 13.8. The lowest BCUT2D eigenvalue weighted by molar-refractivity contribution is 0.207. The van der Waals surface area contributed by atoms with Crippen LogP contribution in [0, 0.1) is 24.5 Å². The first-order valence-electron chi connectivity index (χ1n) is 7.69. The number of carbonyl (C=O) groups is 1. The number of aryl methyl sites for hydroxylation is 1. The van der Waals surface area contributed by atoms with Gasteiger partial charge in [0.25, 0.3) is 5.95 Å². The van der Waals surface area contributed by atoms with E-state index < -0.39 is 17.6 Å². The number of nitrogens with zero attached hydrogens (tertiary/aromatic N) is 4. The molecule has 1 aliphatic rings. The first-order valence-corrected chi connectivity index (χ1v) is 7.69. The fourth-order valence-corrected chi connectivity index (χ4v) is 2.51. The van der Waals surface area contributed by atoms with E-state index in [4.69, 9.17) is 0 Å². The van der Waals surface area contributed by atoms with Crippen LogP contribution >= 0.6 is 0 Å². The molecule has 9 heteroatoms. The van der Waals surface area contributed by atoms with Gasteiger partial charge in [0.2, 0.25) is 0 Å². The number of amides is 2. The van der Waals surface area contributed by atoms with E-state index >= 15 is 0 Å². The van der Waals surface area contributed by atoms with Gasteiger partial charge in [-0.25, -0.2) is 18.6 Å². The van der Waals surface area contributed by atoms with Crippen molar-refractivity contribution in [1.29, 1.82) is 0 Å². The van der Waals surface area contributed by atoms with E-state index in [0.717, 1.165) is 5.56 Å². The van der Waals surface area contributed by atoms with E-state index in [9.17, 15) is 18.0 Å². The van der Waals surface area contributed by atoms with Crippen molar-refractivity contribution >= 4 is 17.7 Å². The van der Waals surface area contributed by atoms with Gasteiger partial charge in [0.1, 0.15) is 5.82 Å². The largest absolute Gasteiger partial charge is 0.351 e. The second-order valence-corrected chi connectivity index (χ2v) is 5.69. The van der Waals surface area contributed by atoms with E-state index in [1.807, 2.05) is 13.0 Å². The predicted molar refractivity (Wildman–Crippen MR) is 85.9 cm³/mol. The molecule has 1 saturated heterocycles. The number of nitrogens with one attached hydrogen (secondary N) is 1. The molecule has 2 aromatic heterocycles. The standard InChI is InChI=1S/C16H16F3N5O/c1-10-2-3-13(20-9-10)21-16(25)24-6-4-23(5-7-24)15-12(18)8-11(17)14(19)22-15/h2-3,8-9H,4-7H2,1H3,(H,20,21,25). The highest BCUT2D eigenvalue weighted by Gasteiger charge is 2.25. The zero-order chi connectivity index (χ0) is 18.0. The third kappa shape index (κ3) is 3.81. The number of halogens is 3. The van der Waals surface area contributed by atoms with Crippen LogP contribution in [0.25, 0.3) is 0 Å². The SMILES string of the molecule is Cc1ccc(NC(=O)N2CCN(c3nc(F)c(F)cc3F)CC2)nc1. The predicted octanol–water partition coefficient (Wildman–Crippen LogP) is 2.56. The Bertz CT molecular complexity index is 776. The van der Waals surface area contributed by atoms with Gasteiger partial charge in [-0.2, -0.15) is 9.37 Å². The highest BCUT2D eigenvalue weighted by Crippen LogP contribution is 2.20. The quantitative estimate of drug-likeness (QED) is 0.845. The van der Waals surface area contributed by atoms with Gasteiger partial charge >= 0.3 is 6.03 Å². The van der Waals surface area contributed by atoms with Crippen molar-refractivity contribution in [2.24, 2.45) is 0 Å². The Balaban J connectivity index is 1.61. The molecule has 25 heavy (non-hydrogen) atoms. The van der Waals surface area contributed by atoms with Crippen LogP contribution < -0.4 is 10.2 Å². The minimum Gasteiger partial charge on any atom is -0.351 e. The normalized spacial score (nSPS) is 14.6. The molecule has 3 heterocycles. The van der Waals surface area contributed by atoms with Crippen molar-refractivity contribution < 1.29 is 18.0 Å². The van der Waals surface area contributed by atoms with Crippen molar-refractivity contribution in [2.45, 2.75) is 6.92 Å². The van der Waals surface area contributed by atoms with E-state index in [1.54, 1.807) is 12.3 Å². The Morgan fingerprint density at radius 2 is 1.84 bits per heavy atom. The number of piperazine rings is 1. The summed E-state index contributed by atoms with van der Waals surface area (Å²) in [6, 6.07) is 3.68. The summed E-state index contributed by atoms with van der Waals surface area (Å²) in [6.07, 6.45) is 1.64. The summed E-state index contributed by atoms with van der Waals surface area (Å²) in [5, 5.41) is 2.68. The number of aromatic nitrogens is 2. The van der Waals surface area contributed by atoms with Gasteiger partial charge < -0.3 is 9.80 Å². The van der Waals surface area contributed by atoms with Crippen molar-refractivity contribution in [1.82, 2.24) is 14.9 Å². The minimum absolute atomic E-state index is 0.251. The Hall–Kier alpha value is -2.84. The van der Waals surface area contributed by atoms with E-state index in [1.165, 1.54) is 9.80 Å². The lowest BCUT2D eigenvalue weighted by atomic mass is 10.3. The van der Waals surface area contributed by atoms with Crippen LogP contribution in [0.4, 0.5) is 29.6 Å². The van der Waals surface area contributed by atoms with Crippen LogP contribution in [0.15, 0.2) is 24.4 Å². The molecule has 0 bridgehead atoms. The van der Waals surface area contributed by atoms with Crippen LogP contribution in [0.2, 0.25) is 0 Å². The summed E-state index contributed by atoms with van der Waals surface area (Å²) in [7, 11) is 0. The van der Waals surface area contributed by atoms with Gasteiger partial charge in [0.05, 0.1) is 0 Å². The summed E-state index contributed by atoms with van der Waals surface area (Å²) in [6.45, 7) is 2.98. The second kappa shape index (κ2) is 6.96. The zero-order valence-electron chi connectivity index (χ0n) is 13.5. The monoisotopic (exact) mass is 351 g/mol. The molecule has 0 aromatic carbocycles. The smallest absolute Gasteiger partial charge is 0.323 e. The van der Waals surface area contributed by atoms with Gasteiger partial charge in [0.15, 0.2) is 17.5 Å². The van der Waals surface area contributed by atoms with Gasteiger partial charge in [-0.3, -0.25) is 5.32 Å². The third-order valence-corrected chi connectivity index (χ3v) is 3.88. The maximum Gasteiger partial charge on any atom is 0.323 e. The number of anilines is 2. The molecule has 0 saturated carbocycles. The first-order chi connectivity index (χ1) is 11.9. The first kappa shape index (κ1) is 17.0. The van der Waals surface area contributed by atoms with E-state index in [-0.39, 0.29) is 38.0 Å². The Morgan fingerprint density at radius 3 is 2.48 bits per heavy atom. The molecule has 0 unspecified atom stereocenters. The van der Waals surface area contributed by atoms with Crippen LogP contribution in [0.1, 0.15) is 5.56 Å². The van der Waals surface area contributed by atoms with Crippen LogP contribution in [-0.4, -0.2) is 47.1 Å². The topological polar surface area (TPSA) is 61.4 Å². The second-order valence-electron chi connectivity index (χ2n) is 5.69. The molecule has 3 rings (SSSR count). The molecular formula is C16H16F3N5O. The number of carbonyl (C=O) groups excluding carboxylic acids is 1. The van der Waals surface area contributed by atoms with Crippen molar-refractivity contribution in [3.05, 3.63) is 47.5 Å². The summed E-state index contributed by atoms with van der Waals surface area (Å²) >= 11 is 0.